The summed E-state index contributed by atoms with van der Waals surface area (Å²) < 4.78 is 1.90. The van der Waals surface area contributed by atoms with Gasteiger partial charge >= 0.3 is 0 Å². The molecule has 2 aromatic rings. The van der Waals surface area contributed by atoms with E-state index in [1.165, 1.54) is 0 Å². The molecule has 2 rings (SSSR count). The summed E-state index contributed by atoms with van der Waals surface area (Å²) in [6, 6.07) is 0.134. The Hall–Kier alpha value is -1.82. The molecule has 0 fully saturated rings. The average Bonchev–Trinajstić information content (AvgIpc) is 2.74. The van der Waals surface area contributed by atoms with Gasteiger partial charge in [-0.05, 0) is 6.92 Å². The summed E-state index contributed by atoms with van der Waals surface area (Å²) >= 11 is 0. The fourth-order valence-corrected chi connectivity index (χ4v) is 1.45. The summed E-state index contributed by atoms with van der Waals surface area (Å²) in [4.78, 5) is 8.19. The summed E-state index contributed by atoms with van der Waals surface area (Å²) in [5, 5.41) is 11.2. The standard InChI is InChI=1S/C10H14N6/c1-8(10-15-14-7-16(10)2)13-6-9-5-11-3-4-12-9/h3-5,7-8,13H,6H2,1-2H3. The Kier molecular flexibility index (Phi) is 3.21. The van der Waals surface area contributed by atoms with E-state index in [0.29, 0.717) is 6.54 Å². The van der Waals surface area contributed by atoms with Crippen LogP contribution in [0, 0.1) is 0 Å². The van der Waals surface area contributed by atoms with Gasteiger partial charge in [0.05, 0.1) is 11.7 Å². The number of nitrogens with zero attached hydrogens (tertiary/aromatic N) is 5. The first-order valence-electron chi connectivity index (χ1n) is 5.09. The smallest absolute Gasteiger partial charge is 0.149 e. The maximum Gasteiger partial charge on any atom is 0.149 e. The van der Waals surface area contributed by atoms with Gasteiger partial charge in [-0.15, -0.1) is 10.2 Å². The van der Waals surface area contributed by atoms with Crippen LogP contribution in [0.25, 0.3) is 0 Å². The zero-order valence-electron chi connectivity index (χ0n) is 9.33. The van der Waals surface area contributed by atoms with E-state index < -0.39 is 0 Å². The van der Waals surface area contributed by atoms with Crippen LogP contribution in [0.3, 0.4) is 0 Å². The first kappa shape index (κ1) is 10.7. The van der Waals surface area contributed by atoms with E-state index in [1.807, 2.05) is 18.5 Å². The Balaban J connectivity index is 1.94. The number of hydrogen-bond donors (Lipinski definition) is 1. The van der Waals surface area contributed by atoms with Gasteiger partial charge in [-0.25, -0.2) is 0 Å². The van der Waals surface area contributed by atoms with Gasteiger partial charge in [0.1, 0.15) is 12.2 Å². The minimum absolute atomic E-state index is 0.134. The zero-order chi connectivity index (χ0) is 11.4. The van der Waals surface area contributed by atoms with Crippen LogP contribution < -0.4 is 5.32 Å². The van der Waals surface area contributed by atoms with Gasteiger partial charge in [-0.3, -0.25) is 9.97 Å². The first-order chi connectivity index (χ1) is 7.77. The molecule has 1 atom stereocenters. The molecule has 0 bridgehead atoms. The van der Waals surface area contributed by atoms with Crippen molar-refractivity contribution in [3.63, 3.8) is 0 Å². The molecule has 0 radical (unpaired) electrons. The second kappa shape index (κ2) is 4.80. The molecule has 6 heteroatoms. The van der Waals surface area contributed by atoms with Crippen LogP contribution in [0.15, 0.2) is 24.9 Å². The molecule has 1 N–H and O–H groups in total. The van der Waals surface area contributed by atoms with Crippen LogP contribution in [0.4, 0.5) is 0 Å². The summed E-state index contributed by atoms with van der Waals surface area (Å²) in [5.41, 5.74) is 0.913. The van der Waals surface area contributed by atoms with Crippen molar-refractivity contribution in [1.82, 2.24) is 30.0 Å². The van der Waals surface area contributed by atoms with Gasteiger partial charge in [0, 0.05) is 32.2 Å². The molecule has 0 aliphatic heterocycles. The quantitative estimate of drug-likeness (QED) is 0.807. The van der Waals surface area contributed by atoms with Crippen LogP contribution in [-0.2, 0) is 13.6 Å². The Morgan fingerprint density at radius 2 is 2.31 bits per heavy atom. The van der Waals surface area contributed by atoms with Crippen LogP contribution in [0.1, 0.15) is 24.5 Å². The molecule has 2 heterocycles. The molecule has 1 unspecified atom stereocenters. The van der Waals surface area contributed by atoms with Gasteiger partial charge in [0.15, 0.2) is 0 Å². The molecular formula is C10H14N6. The van der Waals surface area contributed by atoms with E-state index >= 15 is 0 Å². The van der Waals surface area contributed by atoms with E-state index in [0.717, 1.165) is 11.5 Å². The third-order valence-electron chi connectivity index (χ3n) is 2.34. The van der Waals surface area contributed by atoms with Crippen LogP contribution >= 0.6 is 0 Å². The van der Waals surface area contributed by atoms with Crippen LogP contribution in [-0.4, -0.2) is 24.7 Å². The van der Waals surface area contributed by atoms with Gasteiger partial charge in [-0.2, -0.15) is 0 Å². The van der Waals surface area contributed by atoms with Crippen molar-refractivity contribution >= 4 is 0 Å². The maximum absolute atomic E-state index is 4.19. The highest BCUT2D eigenvalue weighted by molar-refractivity contribution is 4.97. The lowest BCUT2D eigenvalue weighted by atomic mass is 10.3. The lowest BCUT2D eigenvalue weighted by Gasteiger charge is -2.11. The monoisotopic (exact) mass is 218 g/mol. The largest absolute Gasteiger partial charge is 0.319 e. The van der Waals surface area contributed by atoms with Gasteiger partial charge < -0.3 is 9.88 Å². The number of hydrogen-bond acceptors (Lipinski definition) is 5. The minimum Gasteiger partial charge on any atom is -0.319 e. The predicted octanol–water partition coefficient (Wildman–Crippen LogP) is 0.456. The molecule has 0 spiro atoms. The predicted molar refractivity (Wildman–Crippen MR) is 58.3 cm³/mol. The third kappa shape index (κ3) is 2.40. The molecule has 0 aliphatic rings. The lowest BCUT2D eigenvalue weighted by molar-refractivity contribution is 0.523. The summed E-state index contributed by atoms with van der Waals surface area (Å²) in [6.45, 7) is 2.71. The van der Waals surface area contributed by atoms with E-state index in [9.17, 15) is 0 Å². The topological polar surface area (TPSA) is 68.5 Å². The number of aromatic nitrogens is 5. The molecular weight excluding hydrogens is 204 g/mol. The summed E-state index contributed by atoms with van der Waals surface area (Å²) in [5.74, 6) is 0.906. The van der Waals surface area contributed by atoms with E-state index in [1.54, 1.807) is 24.9 Å². The molecule has 2 aromatic heterocycles. The SMILES string of the molecule is CC(NCc1cnccn1)c1nncn1C. The maximum atomic E-state index is 4.19. The molecule has 16 heavy (non-hydrogen) atoms. The van der Waals surface area contributed by atoms with Gasteiger partial charge in [0.2, 0.25) is 0 Å². The second-order valence-corrected chi connectivity index (χ2v) is 3.60. The van der Waals surface area contributed by atoms with E-state index in [2.05, 4.69) is 25.5 Å². The summed E-state index contributed by atoms with van der Waals surface area (Å²) in [7, 11) is 1.93. The Morgan fingerprint density at radius 1 is 1.44 bits per heavy atom. The minimum atomic E-state index is 0.134. The van der Waals surface area contributed by atoms with Crippen LogP contribution in [0.5, 0.6) is 0 Å². The number of aryl methyl sites for hydroxylation is 1. The highest BCUT2D eigenvalue weighted by Gasteiger charge is 2.10. The molecule has 0 saturated carbocycles. The molecule has 0 aliphatic carbocycles. The number of nitrogens with one attached hydrogen (secondary N) is 1. The zero-order valence-corrected chi connectivity index (χ0v) is 9.33. The number of rotatable bonds is 4. The molecule has 84 valence electrons. The average molecular weight is 218 g/mol. The van der Waals surface area contributed by atoms with Crippen molar-refractivity contribution in [2.75, 3.05) is 0 Å². The Morgan fingerprint density at radius 3 is 2.94 bits per heavy atom. The van der Waals surface area contributed by atoms with Crippen molar-refractivity contribution in [2.45, 2.75) is 19.5 Å². The van der Waals surface area contributed by atoms with Crippen molar-refractivity contribution in [3.8, 4) is 0 Å². The van der Waals surface area contributed by atoms with Crippen molar-refractivity contribution < 1.29 is 0 Å². The molecule has 0 saturated heterocycles. The molecule has 6 nitrogen and oxygen atoms in total. The normalized spacial score (nSPS) is 12.6. The van der Waals surface area contributed by atoms with Crippen molar-refractivity contribution in [1.29, 1.82) is 0 Å². The van der Waals surface area contributed by atoms with E-state index in [-0.39, 0.29) is 6.04 Å². The third-order valence-corrected chi connectivity index (χ3v) is 2.34. The highest BCUT2D eigenvalue weighted by atomic mass is 15.3. The van der Waals surface area contributed by atoms with Gasteiger partial charge in [-0.1, -0.05) is 0 Å². The second-order valence-electron chi connectivity index (χ2n) is 3.60. The Labute approximate surface area is 93.8 Å². The molecule has 0 amide bonds. The fourth-order valence-electron chi connectivity index (χ4n) is 1.45. The highest BCUT2D eigenvalue weighted by Crippen LogP contribution is 2.07. The fraction of sp³-hybridized carbons (Fsp3) is 0.400. The lowest BCUT2D eigenvalue weighted by Crippen LogP contribution is -2.21. The molecule has 0 aromatic carbocycles. The van der Waals surface area contributed by atoms with Crippen LogP contribution in [0.2, 0.25) is 0 Å². The van der Waals surface area contributed by atoms with Crippen molar-refractivity contribution in [3.05, 3.63) is 36.4 Å². The van der Waals surface area contributed by atoms with Gasteiger partial charge in [0.25, 0.3) is 0 Å². The van der Waals surface area contributed by atoms with Crippen molar-refractivity contribution in [2.24, 2.45) is 7.05 Å². The summed E-state index contributed by atoms with van der Waals surface area (Å²) in [6.07, 6.45) is 6.78. The Bertz CT molecular complexity index is 438. The first-order valence-corrected chi connectivity index (χ1v) is 5.09. The van der Waals surface area contributed by atoms with E-state index in [4.69, 9.17) is 0 Å².